The van der Waals surface area contributed by atoms with E-state index >= 15 is 0 Å². The second-order valence-electron chi connectivity index (χ2n) is 7.62. The largest absolute Gasteiger partial charge is 0.379 e. The number of morpholine rings is 1. The first-order valence-electron chi connectivity index (χ1n) is 10.5. The molecule has 32 heavy (non-hydrogen) atoms. The highest BCUT2D eigenvalue weighted by atomic mass is 16.5. The molecule has 0 aromatic carbocycles. The fourth-order valence-corrected chi connectivity index (χ4v) is 3.73. The van der Waals surface area contributed by atoms with Crippen molar-refractivity contribution in [2.75, 3.05) is 31.6 Å². The van der Waals surface area contributed by atoms with Crippen LogP contribution in [0.1, 0.15) is 21.7 Å². The molecule has 0 radical (unpaired) electrons. The van der Waals surface area contributed by atoms with Crippen LogP contribution in [0.15, 0.2) is 54.9 Å². The van der Waals surface area contributed by atoms with Gasteiger partial charge in [-0.2, -0.15) is 0 Å². The number of ether oxygens (including phenoxy) is 1. The Bertz CT molecular complexity index is 1260. The summed E-state index contributed by atoms with van der Waals surface area (Å²) in [7, 11) is 0. The van der Waals surface area contributed by atoms with Crippen molar-refractivity contribution < 1.29 is 9.53 Å². The minimum absolute atomic E-state index is 0.284. The number of pyridine rings is 3. The topological polar surface area (TPSA) is 97.5 Å². The first-order chi connectivity index (χ1) is 15.7. The standard InChI is InChI=1S/C23H23N7O2/c1-16-18(6-3-9-24-16)21-27-22-19(7-4-10-30(22)28-21)23(31)26-20-8-2-5-17(25-20)15-29-11-13-32-14-12-29/h2-10H,11-15H2,1H3,(H,25,26,31). The number of carbonyl (C=O) groups excluding carboxylic acids is 1. The summed E-state index contributed by atoms with van der Waals surface area (Å²) in [4.78, 5) is 28.9. The number of nitrogens with zero attached hydrogens (tertiary/aromatic N) is 6. The molecule has 4 aromatic rings. The number of aromatic nitrogens is 5. The zero-order chi connectivity index (χ0) is 21.9. The maximum absolute atomic E-state index is 13.1. The van der Waals surface area contributed by atoms with E-state index in [0.717, 1.165) is 49.8 Å². The molecule has 1 fully saturated rings. The summed E-state index contributed by atoms with van der Waals surface area (Å²) >= 11 is 0. The molecule has 1 saturated heterocycles. The third-order valence-electron chi connectivity index (χ3n) is 5.39. The van der Waals surface area contributed by atoms with Gasteiger partial charge < -0.3 is 10.1 Å². The molecule has 4 aromatic heterocycles. The SMILES string of the molecule is Cc1ncccc1-c1nc2c(C(=O)Nc3cccc(CN4CCOCC4)n3)cccn2n1. The third-order valence-corrected chi connectivity index (χ3v) is 5.39. The molecular weight excluding hydrogens is 406 g/mol. The molecule has 0 atom stereocenters. The van der Waals surface area contributed by atoms with Gasteiger partial charge in [-0.05, 0) is 43.3 Å². The third kappa shape index (κ3) is 4.20. The van der Waals surface area contributed by atoms with Crippen molar-refractivity contribution in [1.29, 1.82) is 0 Å². The lowest BCUT2D eigenvalue weighted by atomic mass is 10.2. The zero-order valence-electron chi connectivity index (χ0n) is 17.7. The second kappa shape index (κ2) is 8.81. The molecule has 0 spiro atoms. The lowest BCUT2D eigenvalue weighted by molar-refractivity contribution is 0.0337. The van der Waals surface area contributed by atoms with Gasteiger partial charge in [-0.15, -0.1) is 5.10 Å². The number of amides is 1. The number of anilines is 1. The van der Waals surface area contributed by atoms with Gasteiger partial charge in [0.25, 0.3) is 5.91 Å². The average molecular weight is 429 g/mol. The van der Waals surface area contributed by atoms with E-state index in [1.54, 1.807) is 35.1 Å². The summed E-state index contributed by atoms with van der Waals surface area (Å²) in [6.07, 6.45) is 3.50. The monoisotopic (exact) mass is 429 g/mol. The number of rotatable bonds is 5. The van der Waals surface area contributed by atoms with Crippen LogP contribution in [0.3, 0.4) is 0 Å². The van der Waals surface area contributed by atoms with Crippen LogP contribution < -0.4 is 5.32 Å². The molecule has 1 amide bonds. The highest BCUT2D eigenvalue weighted by Crippen LogP contribution is 2.20. The molecule has 5 rings (SSSR count). The number of aryl methyl sites for hydroxylation is 1. The number of nitrogens with one attached hydrogen (secondary N) is 1. The number of hydrogen-bond acceptors (Lipinski definition) is 7. The Kier molecular flexibility index (Phi) is 5.57. The Balaban J connectivity index is 1.38. The van der Waals surface area contributed by atoms with Crippen molar-refractivity contribution >= 4 is 17.4 Å². The van der Waals surface area contributed by atoms with Crippen molar-refractivity contribution in [3.63, 3.8) is 0 Å². The number of fused-ring (bicyclic) bond motifs is 1. The minimum atomic E-state index is -0.284. The predicted molar refractivity (Wildman–Crippen MR) is 119 cm³/mol. The molecule has 0 aliphatic carbocycles. The Morgan fingerprint density at radius 2 is 1.97 bits per heavy atom. The summed E-state index contributed by atoms with van der Waals surface area (Å²) in [6, 6.07) is 12.9. The summed E-state index contributed by atoms with van der Waals surface area (Å²) < 4.78 is 7.01. The highest BCUT2D eigenvalue weighted by Gasteiger charge is 2.17. The summed E-state index contributed by atoms with van der Waals surface area (Å²) in [5.74, 6) is 0.751. The van der Waals surface area contributed by atoms with Gasteiger partial charge in [0.1, 0.15) is 5.82 Å². The zero-order valence-corrected chi connectivity index (χ0v) is 17.7. The van der Waals surface area contributed by atoms with Crippen molar-refractivity contribution in [3.05, 3.63) is 71.8 Å². The highest BCUT2D eigenvalue weighted by molar-refractivity contribution is 6.07. The van der Waals surface area contributed by atoms with Crippen LogP contribution in [0.5, 0.6) is 0 Å². The summed E-state index contributed by atoms with van der Waals surface area (Å²) in [5.41, 5.74) is 3.47. The Hall–Kier alpha value is -3.69. The maximum Gasteiger partial charge on any atom is 0.260 e. The normalized spacial score (nSPS) is 14.5. The Morgan fingerprint density at radius 3 is 2.81 bits per heavy atom. The molecular formula is C23H23N7O2. The van der Waals surface area contributed by atoms with E-state index < -0.39 is 0 Å². The second-order valence-corrected chi connectivity index (χ2v) is 7.62. The van der Waals surface area contributed by atoms with Gasteiger partial charge in [0.05, 0.1) is 24.5 Å². The molecule has 1 aliphatic heterocycles. The van der Waals surface area contributed by atoms with Gasteiger partial charge in [-0.25, -0.2) is 14.5 Å². The maximum atomic E-state index is 13.1. The predicted octanol–water partition coefficient (Wildman–Crippen LogP) is 2.58. The van der Waals surface area contributed by atoms with Crippen molar-refractivity contribution in [2.24, 2.45) is 0 Å². The van der Waals surface area contributed by atoms with E-state index in [-0.39, 0.29) is 5.91 Å². The molecule has 162 valence electrons. The van der Waals surface area contributed by atoms with Crippen LogP contribution in [0.25, 0.3) is 17.0 Å². The molecule has 0 bridgehead atoms. The van der Waals surface area contributed by atoms with Gasteiger partial charge >= 0.3 is 0 Å². The van der Waals surface area contributed by atoms with E-state index in [0.29, 0.717) is 22.9 Å². The summed E-state index contributed by atoms with van der Waals surface area (Å²) in [5, 5.41) is 7.43. The lowest BCUT2D eigenvalue weighted by Crippen LogP contribution is -2.35. The average Bonchev–Trinajstić information content (AvgIpc) is 3.24. The molecule has 0 unspecified atom stereocenters. The molecule has 9 heteroatoms. The number of carbonyl (C=O) groups is 1. The van der Waals surface area contributed by atoms with Gasteiger partial charge in [0, 0.05) is 43.3 Å². The van der Waals surface area contributed by atoms with E-state index in [2.05, 4.69) is 30.3 Å². The Labute approximate surface area is 185 Å². The molecule has 0 saturated carbocycles. The van der Waals surface area contributed by atoms with Crippen LogP contribution in [0.4, 0.5) is 5.82 Å². The van der Waals surface area contributed by atoms with Gasteiger partial charge in [0.15, 0.2) is 11.5 Å². The van der Waals surface area contributed by atoms with E-state index in [9.17, 15) is 4.79 Å². The minimum Gasteiger partial charge on any atom is -0.379 e. The molecule has 1 N–H and O–H groups in total. The molecule has 1 aliphatic rings. The molecule has 5 heterocycles. The van der Waals surface area contributed by atoms with E-state index in [4.69, 9.17) is 4.74 Å². The van der Waals surface area contributed by atoms with Crippen molar-refractivity contribution in [2.45, 2.75) is 13.5 Å². The van der Waals surface area contributed by atoms with Gasteiger partial charge in [0.2, 0.25) is 0 Å². The van der Waals surface area contributed by atoms with E-state index in [1.807, 2.05) is 31.2 Å². The fraction of sp³-hybridized carbons (Fsp3) is 0.261. The number of hydrogen-bond donors (Lipinski definition) is 1. The van der Waals surface area contributed by atoms with Crippen LogP contribution in [0, 0.1) is 6.92 Å². The van der Waals surface area contributed by atoms with Crippen LogP contribution >= 0.6 is 0 Å². The van der Waals surface area contributed by atoms with Gasteiger partial charge in [-0.3, -0.25) is 14.7 Å². The lowest BCUT2D eigenvalue weighted by Gasteiger charge is -2.26. The first-order valence-corrected chi connectivity index (χ1v) is 10.5. The van der Waals surface area contributed by atoms with Crippen molar-refractivity contribution in [1.82, 2.24) is 29.5 Å². The summed E-state index contributed by atoms with van der Waals surface area (Å²) in [6.45, 7) is 5.86. The Morgan fingerprint density at radius 1 is 1.09 bits per heavy atom. The fourth-order valence-electron chi connectivity index (χ4n) is 3.73. The quantitative estimate of drug-likeness (QED) is 0.521. The van der Waals surface area contributed by atoms with Gasteiger partial charge in [-0.1, -0.05) is 6.07 Å². The van der Waals surface area contributed by atoms with Crippen LogP contribution in [-0.2, 0) is 11.3 Å². The first kappa shape index (κ1) is 20.2. The van der Waals surface area contributed by atoms with Crippen LogP contribution in [0.2, 0.25) is 0 Å². The van der Waals surface area contributed by atoms with Crippen molar-refractivity contribution in [3.8, 4) is 11.4 Å². The van der Waals surface area contributed by atoms with E-state index in [1.165, 1.54) is 0 Å². The smallest absolute Gasteiger partial charge is 0.260 e. The van der Waals surface area contributed by atoms with Crippen LogP contribution in [-0.4, -0.2) is 61.7 Å². The molecule has 9 nitrogen and oxygen atoms in total.